The summed E-state index contributed by atoms with van der Waals surface area (Å²) >= 11 is 0. The number of sulfonamides is 1. The number of hydrogen-bond acceptors (Lipinski definition) is 4. The van der Waals surface area contributed by atoms with E-state index < -0.39 is 10.0 Å². The standard InChI is InChI=1S/C18H28N2O3S/c1-4-23-12-16-9-10-19(3)18(11-16)13-20(14-18)24(21,22)17-7-5-15(2)6-8-17/h5-8,16H,4,9-14H2,1-3H3. The summed E-state index contributed by atoms with van der Waals surface area (Å²) in [6.45, 7) is 7.69. The molecule has 1 aromatic rings. The average molecular weight is 353 g/mol. The minimum absolute atomic E-state index is 0.0161. The fourth-order valence-electron chi connectivity index (χ4n) is 3.85. The molecule has 1 spiro atoms. The number of nitrogens with zero attached hydrogens (tertiary/aromatic N) is 2. The van der Waals surface area contributed by atoms with Crippen molar-refractivity contribution in [2.45, 2.75) is 37.1 Å². The summed E-state index contributed by atoms with van der Waals surface area (Å²) in [6, 6.07) is 7.12. The van der Waals surface area contributed by atoms with Crippen molar-refractivity contribution in [2.24, 2.45) is 5.92 Å². The van der Waals surface area contributed by atoms with Gasteiger partial charge in [0.25, 0.3) is 0 Å². The molecule has 0 amide bonds. The minimum atomic E-state index is -3.38. The maximum absolute atomic E-state index is 12.8. The van der Waals surface area contributed by atoms with Gasteiger partial charge < -0.3 is 4.74 Å². The summed E-state index contributed by atoms with van der Waals surface area (Å²) in [5.41, 5.74) is 1.05. The highest BCUT2D eigenvalue weighted by Gasteiger charge is 2.53. The van der Waals surface area contributed by atoms with Crippen LogP contribution >= 0.6 is 0 Å². The van der Waals surface area contributed by atoms with Gasteiger partial charge in [0.05, 0.1) is 4.90 Å². The van der Waals surface area contributed by atoms with Gasteiger partial charge in [-0.2, -0.15) is 4.31 Å². The van der Waals surface area contributed by atoms with Gasteiger partial charge >= 0.3 is 0 Å². The average Bonchev–Trinajstić information content (AvgIpc) is 2.52. The lowest BCUT2D eigenvalue weighted by molar-refractivity contribution is -0.0576. The topological polar surface area (TPSA) is 49.9 Å². The van der Waals surface area contributed by atoms with Crippen molar-refractivity contribution < 1.29 is 13.2 Å². The van der Waals surface area contributed by atoms with Gasteiger partial charge in [-0.3, -0.25) is 4.90 Å². The van der Waals surface area contributed by atoms with Crippen LogP contribution in [0.25, 0.3) is 0 Å². The molecule has 2 fully saturated rings. The number of rotatable bonds is 5. The molecule has 0 bridgehead atoms. The second kappa shape index (κ2) is 6.75. The van der Waals surface area contributed by atoms with Crippen LogP contribution in [0, 0.1) is 12.8 Å². The normalized spacial score (nSPS) is 24.9. The van der Waals surface area contributed by atoms with Crippen molar-refractivity contribution in [3.63, 3.8) is 0 Å². The van der Waals surface area contributed by atoms with Crippen LogP contribution < -0.4 is 0 Å². The van der Waals surface area contributed by atoms with E-state index in [0.717, 1.165) is 38.2 Å². The van der Waals surface area contributed by atoms with Crippen molar-refractivity contribution in [1.82, 2.24) is 9.21 Å². The van der Waals surface area contributed by atoms with Crippen molar-refractivity contribution >= 4 is 10.0 Å². The SMILES string of the molecule is CCOCC1CCN(C)C2(C1)CN(S(=O)(=O)c1ccc(C)cc1)C2. The molecule has 0 N–H and O–H groups in total. The predicted molar refractivity (Wildman–Crippen MR) is 94.5 cm³/mol. The first-order valence-corrected chi connectivity index (χ1v) is 10.2. The number of hydrogen-bond donors (Lipinski definition) is 0. The van der Waals surface area contributed by atoms with Crippen LogP contribution in [0.15, 0.2) is 29.2 Å². The highest BCUT2D eigenvalue weighted by Crippen LogP contribution is 2.40. The van der Waals surface area contributed by atoms with Crippen molar-refractivity contribution in [2.75, 3.05) is 39.9 Å². The Hall–Kier alpha value is -0.950. The summed E-state index contributed by atoms with van der Waals surface area (Å²) in [6.07, 6.45) is 2.15. The van der Waals surface area contributed by atoms with Crippen LogP contribution in [0.2, 0.25) is 0 Å². The van der Waals surface area contributed by atoms with Crippen molar-refractivity contribution in [3.05, 3.63) is 29.8 Å². The Labute approximate surface area is 145 Å². The predicted octanol–water partition coefficient (Wildman–Crippen LogP) is 2.12. The molecule has 24 heavy (non-hydrogen) atoms. The first-order chi connectivity index (χ1) is 11.4. The van der Waals surface area contributed by atoms with Crippen LogP contribution in [0.1, 0.15) is 25.3 Å². The Morgan fingerprint density at radius 3 is 2.54 bits per heavy atom. The van der Waals surface area contributed by atoms with Gasteiger partial charge in [0.2, 0.25) is 10.0 Å². The molecule has 5 nitrogen and oxygen atoms in total. The lowest BCUT2D eigenvalue weighted by atomic mass is 9.77. The molecule has 6 heteroatoms. The summed E-state index contributed by atoms with van der Waals surface area (Å²) in [5, 5.41) is 0. The molecule has 0 radical (unpaired) electrons. The molecule has 2 aliphatic rings. The van der Waals surface area contributed by atoms with Crippen LogP contribution in [0.5, 0.6) is 0 Å². The van der Waals surface area contributed by atoms with Gasteiger partial charge in [-0.1, -0.05) is 17.7 Å². The van der Waals surface area contributed by atoms with E-state index in [9.17, 15) is 8.42 Å². The van der Waals surface area contributed by atoms with E-state index >= 15 is 0 Å². The smallest absolute Gasteiger partial charge is 0.243 e. The Balaban J connectivity index is 1.69. The van der Waals surface area contributed by atoms with Crippen molar-refractivity contribution in [3.8, 4) is 0 Å². The van der Waals surface area contributed by atoms with Gasteiger partial charge in [0.15, 0.2) is 0 Å². The largest absolute Gasteiger partial charge is 0.381 e. The monoisotopic (exact) mass is 352 g/mol. The summed E-state index contributed by atoms with van der Waals surface area (Å²) in [4.78, 5) is 2.74. The first-order valence-electron chi connectivity index (χ1n) is 8.73. The zero-order chi connectivity index (χ0) is 17.4. The molecule has 1 aromatic carbocycles. The third kappa shape index (κ3) is 3.25. The summed E-state index contributed by atoms with van der Waals surface area (Å²) in [7, 11) is -1.26. The molecule has 3 rings (SSSR count). The highest BCUT2D eigenvalue weighted by atomic mass is 32.2. The number of benzene rings is 1. The lowest BCUT2D eigenvalue weighted by Crippen LogP contribution is -2.72. The second-order valence-electron chi connectivity index (χ2n) is 7.25. The van der Waals surface area contributed by atoms with E-state index in [4.69, 9.17) is 4.74 Å². The van der Waals surface area contributed by atoms with Gasteiger partial charge in [-0.15, -0.1) is 0 Å². The van der Waals surface area contributed by atoms with Gasteiger partial charge in [0, 0.05) is 31.8 Å². The third-order valence-corrected chi connectivity index (χ3v) is 7.31. The number of aryl methyl sites for hydroxylation is 1. The van der Waals surface area contributed by atoms with E-state index in [1.165, 1.54) is 0 Å². The lowest BCUT2D eigenvalue weighted by Gasteiger charge is -2.57. The Bertz CT molecular complexity index is 664. The zero-order valence-electron chi connectivity index (χ0n) is 14.9. The maximum Gasteiger partial charge on any atom is 0.243 e. The van der Waals surface area contributed by atoms with Gasteiger partial charge in [0.1, 0.15) is 0 Å². The first kappa shape index (κ1) is 17.9. The number of likely N-dealkylation sites (tertiary alicyclic amines) is 1. The Morgan fingerprint density at radius 2 is 1.92 bits per heavy atom. The quantitative estimate of drug-likeness (QED) is 0.814. The molecule has 134 valence electrons. The second-order valence-corrected chi connectivity index (χ2v) is 9.19. The number of ether oxygens (including phenoxy) is 1. The van der Waals surface area contributed by atoms with Crippen molar-refractivity contribution in [1.29, 1.82) is 0 Å². The summed E-state index contributed by atoms with van der Waals surface area (Å²) < 4.78 is 32.8. The number of likely N-dealkylation sites (N-methyl/N-ethyl adjacent to an activating group) is 1. The minimum Gasteiger partial charge on any atom is -0.381 e. The fourth-order valence-corrected chi connectivity index (χ4v) is 5.44. The molecule has 1 atom stereocenters. The maximum atomic E-state index is 12.8. The third-order valence-electron chi connectivity index (χ3n) is 5.51. The van der Waals surface area contributed by atoms with Gasteiger partial charge in [-0.25, -0.2) is 8.42 Å². The van der Waals surface area contributed by atoms with E-state index in [1.807, 2.05) is 26.0 Å². The molecule has 0 aromatic heterocycles. The molecule has 2 aliphatic heterocycles. The van der Waals surface area contributed by atoms with E-state index in [2.05, 4.69) is 11.9 Å². The molecule has 2 saturated heterocycles. The molecule has 0 saturated carbocycles. The van der Waals surface area contributed by atoms with E-state index in [-0.39, 0.29) is 5.54 Å². The van der Waals surface area contributed by atoms with E-state index in [0.29, 0.717) is 23.9 Å². The number of piperidine rings is 1. The molecule has 2 heterocycles. The molecular formula is C18H28N2O3S. The highest BCUT2D eigenvalue weighted by molar-refractivity contribution is 7.89. The van der Waals surface area contributed by atoms with Crippen LogP contribution in [-0.2, 0) is 14.8 Å². The van der Waals surface area contributed by atoms with Crippen LogP contribution in [-0.4, -0.2) is 63.1 Å². The molecule has 1 unspecified atom stereocenters. The zero-order valence-corrected chi connectivity index (χ0v) is 15.7. The summed E-state index contributed by atoms with van der Waals surface area (Å²) in [5.74, 6) is 0.533. The molecule has 0 aliphatic carbocycles. The van der Waals surface area contributed by atoms with Gasteiger partial charge in [-0.05, 0) is 58.3 Å². The molecular weight excluding hydrogens is 324 g/mol. The Kier molecular flexibility index (Phi) is 5.02. The van der Waals surface area contributed by atoms with Crippen LogP contribution in [0.4, 0.5) is 0 Å². The van der Waals surface area contributed by atoms with Crippen LogP contribution in [0.3, 0.4) is 0 Å². The fraction of sp³-hybridized carbons (Fsp3) is 0.667. The van der Waals surface area contributed by atoms with E-state index in [1.54, 1.807) is 16.4 Å². The Morgan fingerprint density at radius 1 is 1.25 bits per heavy atom.